The lowest BCUT2D eigenvalue weighted by atomic mass is 9.96. The van der Waals surface area contributed by atoms with Gasteiger partial charge in [-0.25, -0.2) is 27.8 Å². The summed E-state index contributed by atoms with van der Waals surface area (Å²) >= 11 is 0. The second-order valence-electron chi connectivity index (χ2n) is 9.00. The lowest BCUT2D eigenvalue weighted by molar-refractivity contribution is -0.137. The molecule has 14 heteroatoms. The van der Waals surface area contributed by atoms with Crippen molar-refractivity contribution >= 4 is 27.6 Å². The van der Waals surface area contributed by atoms with Gasteiger partial charge in [0.05, 0.1) is 47.9 Å². The van der Waals surface area contributed by atoms with Crippen molar-refractivity contribution in [3.8, 4) is 6.07 Å². The number of nitriles is 1. The lowest BCUT2D eigenvalue weighted by Crippen LogP contribution is -2.62. The molecule has 2 heterocycles. The van der Waals surface area contributed by atoms with Crippen LogP contribution in [-0.2, 0) is 16.0 Å². The molecule has 4 rings (SSSR count). The Kier molecular flexibility index (Phi) is 6.89. The van der Waals surface area contributed by atoms with Crippen LogP contribution in [0.1, 0.15) is 29.7 Å². The maximum Gasteiger partial charge on any atom is 0.416 e. The number of halogens is 3. The van der Waals surface area contributed by atoms with E-state index in [0.717, 1.165) is 34.3 Å². The van der Waals surface area contributed by atoms with E-state index in [2.05, 4.69) is 4.85 Å². The Labute approximate surface area is 221 Å². The van der Waals surface area contributed by atoms with Crippen LogP contribution in [0.25, 0.3) is 4.85 Å². The number of likely N-dealkylation sites (tertiary alicyclic amines) is 1. The van der Waals surface area contributed by atoms with Crippen molar-refractivity contribution in [2.24, 2.45) is 0 Å². The molecule has 0 aliphatic carbocycles. The van der Waals surface area contributed by atoms with E-state index in [1.165, 1.54) is 25.1 Å². The molecular formula is C25H20F3N5O5S. The molecule has 2 aliphatic heterocycles. The number of hydrogen-bond acceptors (Lipinski definition) is 6. The van der Waals surface area contributed by atoms with Crippen molar-refractivity contribution in [3.05, 3.63) is 82.0 Å². The summed E-state index contributed by atoms with van der Waals surface area (Å²) in [5.41, 5.74) is -1.92. The van der Waals surface area contributed by atoms with Crippen molar-refractivity contribution in [2.75, 3.05) is 24.2 Å². The van der Waals surface area contributed by atoms with Crippen molar-refractivity contribution in [2.45, 2.75) is 30.1 Å². The number of hydrogen-bond donors (Lipinski definition) is 1. The van der Waals surface area contributed by atoms with Crippen LogP contribution in [0.15, 0.2) is 58.8 Å². The number of β-amino-alcohol motifs (C(OH)–C–C–N with tert-alkyl or cyclic N) is 1. The Balaban J connectivity index is 2.00. The van der Waals surface area contributed by atoms with E-state index < -0.39 is 50.7 Å². The topological polar surface area (TPSA) is 126 Å². The first-order chi connectivity index (χ1) is 18.2. The molecule has 1 fully saturated rings. The van der Waals surface area contributed by atoms with Gasteiger partial charge in [0.2, 0.25) is 5.70 Å². The Morgan fingerprint density at radius 3 is 2.41 bits per heavy atom. The first-order valence-corrected chi connectivity index (χ1v) is 13.2. The molecule has 4 amide bonds. The molecular weight excluding hydrogens is 539 g/mol. The second kappa shape index (κ2) is 9.72. The number of allylic oxidation sites excluding steroid dienone is 1. The summed E-state index contributed by atoms with van der Waals surface area (Å²) in [6.07, 6.45) is -4.75. The van der Waals surface area contributed by atoms with E-state index >= 15 is 0 Å². The molecule has 0 unspecified atom stereocenters. The van der Waals surface area contributed by atoms with Crippen LogP contribution in [0.4, 0.5) is 28.4 Å². The van der Waals surface area contributed by atoms with E-state index in [1.807, 2.05) is 6.07 Å². The molecule has 10 nitrogen and oxygen atoms in total. The highest BCUT2D eigenvalue weighted by molar-refractivity contribution is 7.90. The number of sulfone groups is 1. The molecule has 0 saturated carbocycles. The van der Waals surface area contributed by atoms with Gasteiger partial charge < -0.3 is 10.0 Å². The molecule has 1 saturated heterocycles. The predicted molar refractivity (Wildman–Crippen MR) is 130 cm³/mol. The predicted octanol–water partition coefficient (Wildman–Crippen LogP) is 3.91. The average molecular weight is 560 g/mol. The number of imide groups is 1. The first-order valence-electron chi connectivity index (χ1n) is 11.3. The van der Waals surface area contributed by atoms with E-state index in [-0.39, 0.29) is 41.3 Å². The molecule has 0 bridgehead atoms. The first kappa shape index (κ1) is 27.6. The molecule has 0 spiro atoms. The van der Waals surface area contributed by atoms with Gasteiger partial charge in [-0.1, -0.05) is 12.1 Å². The minimum Gasteiger partial charge on any atom is -0.389 e. The number of benzene rings is 2. The quantitative estimate of drug-likeness (QED) is 0.569. The molecule has 202 valence electrons. The normalized spacial score (nSPS) is 18.5. The molecule has 2 aromatic carbocycles. The van der Waals surface area contributed by atoms with Gasteiger partial charge in [0.1, 0.15) is 6.04 Å². The van der Waals surface area contributed by atoms with Gasteiger partial charge in [0.15, 0.2) is 9.84 Å². The van der Waals surface area contributed by atoms with Crippen LogP contribution in [-0.4, -0.2) is 60.8 Å². The van der Waals surface area contributed by atoms with Crippen molar-refractivity contribution < 1.29 is 36.3 Å². The summed E-state index contributed by atoms with van der Waals surface area (Å²) in [6.45, 7) is 8.86. The molecule has 1 N–H and O–H groups in total. The molecule has 2 aromatic rings. The van der Waals surface area contributed by atoms with Gasteiger partial charge >= 0.3 is 18.2 Å². The van der Waals surface area contributed by atoms with Crippen molar-refractivity contribution in [1.82, 2.24) is 9.80 Å². The maximum atomic E-state index is 13.9. The number of carbonyl (C=O) groups is 2. The van der Waals surface area contributed by atoms with Crippen LogP contribution in [0, 0.1) is 17.9 Å². The third kappa shape index (κ3) is 4.92. The largest absolute Gasteiger partial charge is 0.416 e. The number of alkyl halides is 3. The van der Waals surface area contributed by atoms with Crippen LogP contribution in [0.2, 0.25) is 0 Å². The monoisotopic (exact) mass is 559 g/mol. The number of aliphatic hydroxyl groups excluding tert-OH is 1. The Hall–Kier alpha value is -4.40. The molecule has 0 radical (unpaired) electrons. The number of carbonyl (C=O) groups excluding carboxylic acids is 2. The van der Waals surface area contributed by atoms with Crippen LogP contribution >= 0.6 is 0 Å². The second-order valence-corrected chi connectivity index (χ2v) is 11.0. The summed E-state index contributed by atoms with van der Waals surface area (Å²) < 4.78 is 65.7. The molecule has 0 aromatic heterocycles. The zero-order valence-electron chi connectivity index (χ0n) is 20.5. The molecule has 39 heavy (non-hydrogen) atoms. The number of urea groups is 2. The Morgan fingerprint density at radius 1 is 1.21 bits per heavy atom. The minimum absolute atomic E-state index is 0.0271. The Bertz CT molecular complexity index is 1600. The van der Waals surface area contributed by atoms with E-state index in [1.54, 1.807) is 0 Å². The minimum atomic E-state index is -4.74. The number of amides is 4. The van der Waals surface area contributed by atoms with Crippen molar-refractivity contribution in [3.63, 3.8) is 0 Å². The number of rotatable bonds is 3. The average Bonchev–Trinajstić information content (AvgIpc) is 2.85. The van der Waals surface area contributed by atoms with E-state index in [9.17, 15) is 41.5 Å². The van der Waals surface area contributed by atoms with Gasteiger partial charge in [-0.3, -0.25) is 4.90 Å². The fourth-order valence-electron chi connectivity index (χ4n) is 4.46. The van der Waals surface area contributed by atoms with Crippen LogP contribution in [0.3, 0.4) is 0 Å². The zero-order chi connectivity index (χ0) is 28.9. The smallest absolute Gasteiger partial charge is 0.389 e. The number of anilines is 1. The summed E-state index contributed by atoms with van der Waals surface area (Å²) in [6, 6.07) is 5.44. The summed E-state index contributed by atoms with van der Waals surface area (Å²) in [4.78, 5) is 33.0. The fraction of sp³-hybridized carbons (Fsp3) is 0.280. The standard InChI is InChI=1S/C25H20F3N5O5S/c1-14-21(30-2)22(19-8-7-15(11-29)9-20(19)39(3,37)38)33(23(35)31-12-18(34)13-31)24(36)32(14)17-6-4-5-16(10-17)25(26,27)28/h4-10,18,22,34H,12-13H2,1,3H3/t22-/m1/s1. The fourth-order valence-corrected chi connectivity index (χ4v) is 5.41. The summed E-state index contributed by atoms with van der Waals surface area (Å²) in [5, 5.41) is 19.0. The number of nitrogens with zero attached hydrogens (tertiary/aromatic N) is 5. The SMILES string of the molecule is [C-]#[N+]C1=C(C)N(c2cccc(C(F)(F)F)c2)C(=O)N(C(=O)N2CC(O)C2)[C@@H]1c1ccc(C#N)cc1S(C)(=O)=O. The highest BCUT2D eigenvalue weighted by atomic mass is 32.2. The third-order valence-corrected chi connectivity index (χ3v) is 7.50. The highest BCUT2D eigenvalue weighted by Gasteiger charge is 2.48. The van der Waals surface area contributed by atoms with E-state index in [0.29, 0.717) is 11.0 Å². The lowest BCUT2D eigenvalue weighted by Gasteiger charge is -2.45. The van der Waals surface area contributed by atoms with Crippen LogP contribution < -0.4 is 4.90 Å². The molecule has 2 aliphatic rings. The third-order valence-electron chi connectivity index (χ3n) is 6.35. The van der Waals surface area contributed by atoms with Crippen LogP contribution in [0.5, 0.6) is 0 Å². The summed E-state index contributed by atoms with van der Waals surface area (Å²) in [7, 11) is -4.06. The van der Waals surface area contributed by atoms with Gasteiger partial charge in [-0.2, -0.15) is 18.4 Å². The maximum absolute atomic E-state index is 13.9. The van der Waals surface area contributed by atoms with Crippen molar-refractivity contribution in [1.29, 1.82) is 5.26 Å². The molecule has 1 atom stereocenters. The van der Waals surface area contributed by atoms with Gasteiger partial charge in [-0.05, 0) is 42.8 Å². The van der Waals surface area contributed by atoms with E-state index in [4.69, 9.17) is 6.57 Å². The summed E-state index contributed by atoms with van der Waals surface area (Å²) in [5.74, 6) is 0. The van der Waals surface area contributed by atoms with Gasteiger partial charge in [-0.15, -0.1) is 0 Å². The highest BCUT2D eigenvalue weighted by Crippen LogP contribution is 2.43. The Morgan fingerprint density at radius 2 is 1.87 bits per heavy atom. The zero-order valence-corrected chi connectivity index (χ0v) is 21.3. The van der Waals surface area contributed by atoms with Gasteiger partial charge in [0, 0.05) is 17.6 Å². The van der Waals surface area contributed by atoms with Gasteiger partial charge in [0.25, 0.3) is 0 Å². The number of aliphatic hydroxyl groups is 1.